The normalized spacial score (nSPS) is 12.9. The van der Waals surface area contributed by atoms with Crippen LogP contribution in [0.1, 0.15) is 25.6 Å². The van der Waals surface area contributed by atoms with Gasteiger partial charge in [-0.2, -0.15) is 0 Å². The van der Waals surface area contributed by atoms with Crippen LogP contribution in [-0.4, -0.2) is 16.7 Å². The molecule has 0 aliphatic rings. The van der Waals surface area contributed by atoms with Gasteiger partial charge in [-0.1, -0.05) is 0 Å². The summed E-state index contributed by atoms with van der Waals surface area (Å²) < 4.78 is 5.48. The minimum Gasteiger partial charge on any atom is -0.508 e. The zero-order valence-corrected chi connectivity index (χ0v) is 9.47. The van der Waals surface area contributed by atoms with E-state index in [1.807, 2.05) is 26.0 Å². The lowest BCUT2D eigenvalue weighted by molar-refractivity contribution is 0.0735. The van der Waals surface area contributed by atoms with E-state index in [0.29, 0.717) is 6.61 Å². The topological polar surface area (TPSA) is 42.4 Å². The second kappa shape index (κ2) is 4.49. The van der Waals surface area contributed by atoms with Gasteiger partial charge in [-0.3, -0.25) is 4.98 Å². The molecule has 1 heterocycles. The van der Waals surface area contributed by atoms with Gasteiger partial charge >= 0.3 is 0 Å². The van der Waals surface area contributed by atoms with Crippen molar-refractivity contribution < 1.29 is 9.84 Å². The molecular weight excluding hydrogens is 202 g/mol. The molecule has 0 bridgehead atoms. The molecule has 0 amide bonds. The summed E-state index contributed by atoms with van der Waals surface area (Å²) in [5.41, 5.74) is 0.889. The van der Waals surface area contributed by atoms with Gasteiger partial charge in [-0.05, 0) is 43.5 Å². The maximum absolute atomic E-state index is 9.41. The molecule has 0 aliphatic carbocycles. The number of ether oxygens (including phenoxy) is 1. The molecule has 3 heteroatoms. The van der Waals surface area contributed by atoms with Gasteiger partial charge in [0, 0.05) is 18.2 Å². The van der Waals surface area contributed by atoms with Gasteiger partial charge in [0.25, 0.3) is 0 Å². The Labute approximate surface area is 94.7 Å². The van der Waals surface area contributed by atoms with Gasteiger partial charge in [0.05, 0.1) is 11.8 Å². The highest BCUT2D eigenvalue weighted by atomic mass is 16.5. The van der Waals surface area contributed by atoms with E-state index >= 15 is 0 Å². The fraction of sp³-hybridized carbons (Fsp3) is 0.308. The van der Waals surface area contributed by atoms with E-state index in [-0.39, 0.29) is 11.9 Å². The third-order valence-corrected chi connectivity index (χ3v) is 2.56. The molecule has 16 heavy (non-hydrogen) atoms. The molecular formula is C13H15NO2. The minimum absolute atomic E-state index is 0.0169. The molecule has 1 unspecified atom stereocenters. The van der Waals surface area contributed by atoms with Gasteiger partial charge < -0.3 is 9.84 Å². The predicted octanol–water partition coefficient (Wildman–Crippen LogP) is 3.04. The molecule has 0 aliphatic heterocycles. The minimum atomic E-state index is -0.0169. The average Bonchev–Trinajstić information content (AvgIpc) is 2.28. The molecule has 2 rings (SSSR count). The first-order chi connectivity index (χ1) is 7.70. The van der Waals surface area contributed by atoms with Crippen LogP contribution in [-0.2, 0) is 4.74 Å². The fourth-order valence-electron chi connectivity index (χ4n) is 1.70. The molecule has 0 saturated heterocycles. The van der Waals surface area contributed by atoms with Gasteiger partial charge in [0.2, 0.25) is 0 Å². The van der Waals surface area contributed by atoms with Gasteiger partial charge in [-0.15, -0.1) is 0 Å². The van der Waals surface area contributed by atoms with Crippen molar-refractivity contribution in [1.29, 1.82) is 0 Å². The Morgan fingerprint density at radius 1 is 1.31 bits per heavy atom. The number of rotatable bonds is 3. The summed E-state index contributed by atoms with van der Waals surface area (Å²) in [6, 6.07) is 7.21. The van der Waals surface area contributed by atoms with Crippen LogP contribution in [0.4, 0.5) is 0 Å². The van der Waals surface area contributed by atoms with Crippen LogP contribution in [0.3, 0.4) is 0 Å². The molecule has 1 aromatic carbocycles. The summed E-state index contributed by atoms with van der Waals surface area (Å²) in [7, 11) is 0. The molecule has 0 spiro atoms. The molecule has 0 fully saturated rings. The van der Waals surface area contributed by atoms with Crippen LogP contribution >= 0.6 is 0 Å². The number of benzene rings is 1. The molecule has 1 atom stereocenters. The molecule has 0 saturated carbocycles. The first kappa shape index (κ1) is 10.9. The van der Waals surface area contributed by atoms with E-state index in [4.69, 9.17) is 4.74 Å². The predicted molar refractivity (Wildman–Crippen MR) is 63.4 cm³/mol. The maximum atomic E-state index is 9.41. The Morgan fingerprint density at radius 3 is 2.88 bits per heavy atom. The lowest BCUT2D eigenvalue weighted by atomic mass is 10.1. The van der Waals surface area contributed by atoms with Crippen LogP contribution in [0.25, 0.3) is 10.8 Å². The lowest BCUT2D eigenvalue weighted by Crippen LogP contribution is -2.01. The van der Waals surface area contributed by atoms with Crippen molar-refractivity contribution in [2.45, 2.75) is 20.0 Å². The molecule has 1 N–H and O–H groups in total. The molecule has 84 valence electrons. The number of phenols is 1. The summed E-state index contributed by atoms with van der Waals surface area (Å²) in [4.78, 5) is 4.35. The summed E-state index contributed by atoms with van der Waals surface area (Å²) in [6.45, 7) is 4.60. The summed E-state index contributed by atoms with van der Waals surface area (Å²) in [5.74, 6) is 0.272. The van der Waals surface area contributed by atoms with Crippen molar-refractivity contribution in [3.05, 3.63) is 36.2 Å². The Bertz CT molecular complexity index is 496. The fourth-order valence-corrected chi connectivity index (χ4v) is 1.70. The van der Waals surface area contributed by atoms with Gasteiger partial charge in [-0.25, -0.2) is 0 Å². The number of aromatic nitrogens is 1. The Hall–Kier alpha value is -1.61. The average molecular weight is 217 g/mol. The third kappa shape index (κ3) is 2.14. The highest BCUT2D eigenvalue weighted by Gasteiger charge is 2.07. The van der Waals surface area contributed by atoms with Crippen molar-refractivity contribution in [3.8, 4) is 5.75 Å². The van der Waals surface area contributed by atoms with E-state index in [0.717, 1.165) is 16.5 Å². The third-order valence-electron chi connectivity index (χ3n) is 2.56. The summed E-state index contributed by atoms with van der Waals surface area (Å²) in [5, 5.41) is 11.4. The van der Waals surface area contributed by atoms with Crippen LogP contribution in [0.5, 0.6) is 5.75 Å². The quantitative estimate of drug-likeness (QED) is 0.859. The van der Waals surface area contributed by atoms with Gasteiger partial charge in [0.15, 0.2) is 0 Å². The first-order valence-electron chi connectivity index (χ1n) is 5.41. The molecule has 1 aromatic heterocycles. The van der Waals surface area contributed by atoms with E-state index in [9.17, 15) is 5.11 Å². The largest absolute Gasteiger partial charge is 0.508 e. The molecule has 2 aromatic rings. The van der Waals surface area contributed by atoms with E-state index in [2.05, 4.69) is 4.98 Å². The number of fused-ring (bicyclic) bond motifs is 1. The lowest BCUT2D eigenvalue weighted by Gasteiger charge is -2.11. The zero-order chi connectivity index (χ0) is 11.5. The first-order valence-corrected chi connectivity index (χ1v) is 5.41. The zero-order valence-electron chi connectivity index (χ0n) is 9.47. The smallest absolute Gasteiger partial charge is 0.116 e. The highest BCUT2D eigenvalue weighted by Crippen LogP contribution is 2.23. The molecule has 0 radical (unpaired) electrons. The Balaban J connectivity index is 2.42. The maximum Gasteiger partial charge on any atom is 0.116 e. The standard InChI is InChI=1S/C13H15NO2/c1-3-16-9(2)13-7-11-6-12(15)5-4-10(11)8-14-13/h4-9,15H,3H2,1-2H3. The van der Waals surface area contributed by atoms with Crippen LogP contribution in [0.2, 0.25) is 0 Å². The van der Waals surface area contributed by atoms with E-state index in [1.165, 1.54) is 0 Å². The number of pyridine rings is 1. The second-order valence-corrected chi connectivity index (χ2v) is 3.74. The number of nitrogens with zero attached hydrogens (tertiary/aromatic N) is 1. The second-order valence-electron chi connectivity index (χ2n) is 3.74. The van der Waals surface area contributed by atoms with Crippen molar-refractivity contribution in [3.63, 3.8) is 0 Å². The number of phenolic OH excluding ortho intramolecular Hbond substituents is 1. The van der Waals surface area contributed by atoms with E-state index in [1.54, 1.807) is 18.3 Å². The summed E-state index contributed by atoms with van der Waals surface area (Å²) in [6.07, 6.45) is 1.79. The summed E-state index contributed by atoms with van der Waals surface area (Å²) >= 11 is 0. The number of hydrogen-bond acceptors (Lipinski definition) is 3. The monoisotopic (exact) mass is 217 g/mol. The number of hydrogen-bond donors (Lipinski definition) is 1. The SMILES string of the molecule is CCOC(C)c1cc2cc(O)ccc2cn1. The van der Waals surface area contributed by atoms with Crippen molar-refractivity contribution >= 4 is 10.8 Å². The van der Waals surface area contributed by atoms with Crippen molar-refractivity contribution in [2.75, 3.05) is 6.61 Å². The number of aromatic hydroxyl groups is 1. The Morgan fingerprint density at radius 2 is 2.12 bits per heavy atom. The highest BCUT2D eigenvalue weighted by molar-refractivity contribution is 5.83. The van der Waals surface area contributed by atoms with Crippen LogP contribution in [0.15, 0.2) is 30.5 Å². The van der Waals surface area contributed by atoms with Crippen molar-refractivity contribution in [1.82, 2.24) is 4.98 Å². The molecule has 3 nitrogen and oxygen atoms in total. The van der Waals surface area contributed by atoms with Crippen LogP contribution < -0.4 is 0 Å². The van der Waals surface area contributed by atoms with Gasteiger partial charge in [0.1, 0.15) is 5.75 Å². The van der Waals surface area contributed by atoms with Crippen molar-refractivity contribution in [2.24, 2.45) is 0 Å². The van der Waals surface area contributed by atoms with E-state index < -0.39 is 0 Å². The Kier molecular flexibility index (Phi) is 3.06. The van der Waals surface area contributed by atoms with Crippen LogP contribution in [0, 0.1) is 0 Å².